The van der Waals surface area contributed by atoms with E-state index in [1.165, 1.54) is 0 Å². The number of hydrogen-bond donors (Lipinski definition) is 2. The van der Waals surface area contributed by atoms with Gasteiger partial charge in [-0.2, -0.15) is 23.3 Å². The van der Waals surface area contributed by atoms with E-state index in [9.17, 15) is 23.1 Å². The van der Waals surface area contributed by atoms with Gasteiger partial charge in [0.15, 0.2) is 0 Å². The third-order valence-electron chi connectivity index (χ3n) is 3.02. The molecule has 1 aliphatic heterocycles. The zero-order chi connectivity index (χ0) is 14.7. The van der Waals surface area contributed by atoms with Crippen LogP contribution in [0.15, 0.2) is 5.10 Å². The Kier molecular flexibility index (Phi) is 4.78. The fourth-order valence-electron chi connectivity index (χ4n) is 1.97. The van der Waals surface area contributed by atoms with E-state index in [2.05, 4.69) is 5.10 Å². The number of nitrogens with zero attached hydrogens (tertiary/aromatic N) is 2. The van der Waals surface area contributed by atoms with Gasteiger partial charge < -0.3 is 10.8 Å². The van der Waals surface area contributed by atoms with Crippen LogP contribution < -0.4 is 5.73 Å². The number of halogens is 3. The van der Waals surface area contributed by atoms with E-state index in [1.54, 1.807) is 0 Å². The molecule has 0 aromatic carbocycles. The highest BCUT2D eigenvalue weighted by molar-refractivity contribution is 5.90. The number of aliphatic hydroxyl groups is 1. The number of amides is 2. The molecule has 1 atom stereocenters. The van der Waals surface area contributed by atoms with Gasteiger partial charge in [-0.25, -0.2) is 4.79 Å². The van der Waals surface area contributed by atoms with Crippen molar-refractivity contribution in [1.29, 1.82) is 0 Å². The molecule has 19 heavy (non-hydrogen) atoms. The average molecular weight is 281 g/mol. The summed E-state index contributed by atoms with van der Waals surface area (Å²) in [6, 6.07) is -1.41. The van der Waals surface area contributed by atoms with Crippen molar-refractivity contribution in [2.45, 2.75) is 57.3 Å². The highest BCUT2D eigenvalue weighted by atomic mass is 19.4. The second kappa shape index (κ2) is 5.77. The Labute approximate surface area is 109 Å². The Morgan fingerprint density at radius 2 is 2.11 bits per heavy atom. The van der Waals surface area contributed by atoms with Crippen LogP contribution in [0.5, 0.6) is 0 Å². The molecule has 2 amide bonds. The van der Waals surface area contributed by atoms with Crippen LogP contribution in [0.2, 0.25) is 0 Å². The average Bonchev–Trinajstić information content (AvgIpc) is 2.63. The third kappa shape index (κ3) is 3.37. The summed E-state index contributed by atoms with van der Waals surface area (Å²) < 4.78 is 38.4. The molecule has 5 nitrogen and oxygen atoms in total. The first-order valence-corrected chi connectivity index (χ1v) is 6.17. The van der Waals surface area contributed by atoms with Gasteiger partial charge >= 0.3 is 12.2 Å². The first-order valence-electron chi connectivity index (χ1n) is 6.17. The van der Waals surface area contributed by atoms with E-state index >= 15 is 0 Å². The Balaban J connectivity index is 2.73. The van der Waals surface area contributed by atoms with E-state index in [4.69, 9.17) is 5.73 Å². The van der Waals surface area contributed by atoms with Gasteiger partial charge in [0.05, 0.1) is 0 Å². The zero-order valence-corrected chi connectivity index (χ0v) is 10.7. The van der Waals surface area contributed by atoms with Crippen LogP contribution in [0.3, 0.4) is 0 Å². The molecule has 8 heteroatoms. The number of alkyl halides is 3. The summed E-state index contributed by atoms with van der Waals surface area (Å²) in [4.78, 5) is 11.0. The van der Waals surface area contributed by atoms with Gasteiger partial charge in [-0.3, -0.25) is 0 Å². The molecule has 110 valence electrons. The van der Waals surface area contributed by atoms with Gasteiger partial charge in [0, 0.05) is 12.1 Å². The van der Waals surface area contributed by atoms with E-state index < -0.39 is 24.4 Å². The smallest absolute Gasteiger partial charge is 0.362 e. The van der Waals surface area contributed by atoms with Crippen LogP contribution in [-0.4, -0.2) is 33.8 Å². The van der Waals surface area contributed by atoms with Crippen LogP contribution in [0.4, 0.5) is 18.0 Å². The van der Waals surface area contributed by atoms with Crippen molar-refractivity contribution < 1.29 is 23.1 Å². The molecule has 0 aliphatic carbocycles. The van der Waals surface area contributed by atoms with Gasteiger partial charge in [0.25, 0.3) is 5.72 Å². The van der Waals surface area contributed by atoms with E-state index in [0.29, 0.717) is 12.8 Å². The lowest BCUT2D eigenvalue weighted by atomic mass is 10.0. The Morgan fingerprint density at radius 3 is 2.53 bits per heavy atom. The molecule has 1 unspecified atom stereocenters. The first-order chi connectivity index (χ1) is 8.72. The van der Waals surface area contributed by atoms with Crippen LogP contribution >= 0.6 is 0 Å². The lowest BCUT2D eigenvalue weighted by Gasteiger charge is -2.31. The molecular formula is C11H18F3N3O2. The molecule has 0 saturated heterocycles. The van der Waals surface area contributed by atoms with Gasteiger partial charge in [0.1, 0.15) is 0 Å². The largest absolute Gasteiger partial charge is 0.438 e. The minimum Gasteiger partial charge on any atom is -0.362 e. The summed E-state index contributed by atoms with van der Waals surface area (Å²) >= 11 is 0. The second-order valence-electron chi connectivity index (χ2n) is 4.62. The van der Waals surface area contributed by atoms with E-state index in [0.717, 1.165) is 19.3 Å². The number of primary amides is 1. The summed E-state index contributed by atoms with van der Waals surface area (Å²) in [5.74, 6) is 0. The number of urea groups is 1. The molecule has 0 bridgehead atoms. The molecule has 0 fully saturated rings. The zero-order valence-electron chi connectivity index (χ0n) is 10.7. The quantitative estimate of drug-likeness (QED) is 0.759. The topological polar surface area (TPSA) is 78.9 Å². The molecule has 0 radical (unpaired) electrons. The van der Waals surface area contributed by atoms with Crippen molar-refractivity contribution in [2.75, 3.05) is 0 Å². The summed E-state index contributed by atoms with van der Waals surface area (Å²) in [6.07, 6.45) is -1.86. The number of hydrazone groups is 1. The second-order valence-corrected chi connectivity index (χ2v) is 4.62. The number of nitrogens with two attached hydrogens (primary N) is 1. The Bertz CT molecular complexity index is 371. The minimum absolute atomic E-state index is 0.0673. The van der Waals surface area contributed by atoms with Crippen LogP contribution in [0.25, 0.3) is 0 Å². The molecule has 3 N–H and O–H groups in total. The number of carbonyl (C=O) groups excluding carboxylic acids is 1. The highest BCUT2D eigenvalue weighted by Crippen LogP contribution is 2.40. The number of rotatable bonds is 5. The number of hydrogen-bond acceptors (Lipinski definition) is 3. The summed E-state index contributed by atoms with van der Waals surface area (Å²) in [7, 11) is 0. The monoisotopic (exact) mass is 281 g/mol. The standard InChI is InChI=1S/C11H18F3N3O2/c1-2-3-4-5-6-8-7-10(19,11(12,13)14)17(16-8)9(15)18/h19H,2-7H2,1H3,(H2,15,18). The van der Waals surface area contributed by atoms with Crippen molar-refractivity contribution >= 4 is 11.7 Å². The molecule has 0 saturated carbocycles. The van der Waals surface area contributed by atoms with Gasteiger partial charge in [-0.05, 0) is 12.8 Å². The molecule has 0 aromatic rings. The summed E-state index contributed by atoms with van der Waals surface area (Å²) in [6.45, 7) is 2.02. The molecule has 0 spiro atoms. The maximum Gasteiger partial charge on any atom is 0.438 e. The molecule has 1 heterocycles. The minimum atomic E-state index is -4.99. The predicted molar refractivity (Wildman–Crippen MR) is 63.2 cm³/mol. The van der Waals surface area contributed by atoms with Crippen molar-refractivity contribution in [3.8, 4) is 0 Å². The normalized spacial score (nSPS) is 23.6. The molecular weight excluding hydrogens is 263 g/mol. The Morgan fingerprint density at radius 1 is 1.47 bits per heavy atom. The molecule has 1 rings (SSSR count). The summed E-state index contributed by atoms with van der Waals surface area (Å²) in [5, 5.41) is 13.1. The van der Waals surface area contributed by atoms with Gasteiger partial charge in [-0.1, -0.05) is 26.2 Å². The lowest BCUT2D eigenvalue weighted by molar-refractivity contribution is -0.296. The van der Waals surface area contributed by atoms with Crippen LogP contribution in [-0.2, 0) is 0 Å². The number of unbranched alkanes of at least 4 members (excludes halogenated alkanes) is 3. The maximum absolute atomic E-state index is 12.8. The van der Waals surface area contributed by atoms with Crippen molar-refractivity contribution in [3.05, 3.63) is 0 Å². The van der Waals surface area contributed by atoms with E-state index in [1.807, 2.05) is 6.92 Å². The fraction of sp³-hybridized carbons (Fsp3) is 0.818. The number of carbonyl (C=O) groups is 1. The fourth-order valence-corrected chi connectivity index (χ4v) is 1.97. The molecule has 0 aromatic heterocycles. The van der Waals surface area contributed by atoms with Crippen molar-refractivity contribution in [3.63, 3.8) is 0 Å². The van der Waals surface area contributed by atoms with Gasteiger partial charge in [-0.15, -0.1) is 0 Å². The summed E-state index contributed by atoms with van der Waals surface area (Å²) in [5.41, 5.74) is 1.67. The lowest BCUT2D eigenvalue weighted by Crippen LogP contribution is -2.57. The van der Waals surface area contributed by atoms with Gasteiger partial charge in [0.2, 0.25) is 0 Å². The Hall–Kier alpha value is -1.31. The van der Waals surface area contributed by atoms with Crippen LogP contribution in [0.1, 0.15) is 45.4 Å². The SMILES string of the molecule is CCCCCCC1=NN(C(N)=O)C(O)(C(F)(F)F)C1. The maximum atomic E-state index is 12.8. The first kappa shape index (κ1) is 15.7. The molecule has 1 aliphatic rings. The van der Waals surface area contributed by atoms with E-state index in [-0.39, 0.29) is 10.7 Å². The van der Waals surface area contributed by atoms with Crippen molar-refractivity contribution in [2.24, 2.45) is 10.8 Å². The predicted octanol–water partition coefficient (Wildman–Crippen LogP) is 2.35. The third-order valence-corrected chi connectivity index (χ3v) is 3.02. The van der Waals surface area contributed by atoms with Crippen LogP contribution in [0, 0.1) is 0 Å². The highest BCUT2D eigenvalue weighted by Gasteiger charge is 2.62. The van der Waals surface area contributed by atoms with Crippen molar-refractivity contribution in [1.82, 2.24) is 5.01 Å².